The first-order chi connectivity index (χ1) is 14.7. The fourth-order valence-corrected chi connectivity index (χ4v) is 3.54. The molecule has 5 nitrogen and oxygen atoms in total. The van der Waals surface area contributed by atoms with Crippen molar-refractivity contribution in [2.24, 2.45) is 0 Å². The lowest BCUT2D eigenvalue weighted by Crippen LogP contribution is -2.42. The molecule has 0 bridgehead atoms. The highest BCUT2D eigenvalue weighted by molar-refractivity contribution is 6.04. The van der Waals surface area contributed by atoms with E-state index in [4.69, 9.17) is 0 Å². The Hall–Kier alpha value is -3.09. The van der Waals surface area contributed by atoms with E-state index in [0.717, 1.165) is 49.7 Å². The number of piperazine rings is 1. The summed E-state index contributed by atoms with van der Waals surface area (Å²) >= 11 is 0. The number of aromatic nitrogens is 1. The Balaban J connectivity index is 1.33. The number of pyridine rings is 1. The SMILES string of the molecule is O=C(Nc1ccc(CN2CCNCC2)cc1)c1ccc(Cc2cccc(F)c2)nc1. The largest absolute Gasteiger partial charge is 0.322 e. The maximum absolute atomic E-state index is 13.3. The fraction of sp³-hybridized carbons (Fsp3) is 0.250. The zero-order valence-corrected chi connectivity index (χ0v) is 16.8. The molecular weight excluding hydrogens is 379 g/mol. The second-order valence-corrected chi connectivity index (χ2v) is 7.52. The van der Waals surface area contributed by atoms with E-state index in [9.17, 15) is 9.18 Å². The number of anilines is 1. The van der Waals surface area contributed by atoms with E-state index in [2.05, 4.69) is 32.7 Å². The van der Waals surface area contributed by atoms with E-state index in [0.29, 0.717) is 12.0 Å². The van der Waals surface area contributed by atoms with Gasteiger partial charge < -0.3 is 10.6 Å². The molecule has 0 unspecified atom stereocenters. The van der Waals surface area contributed by atoms with Crippen LogP contribution in [-0.4, -0.2) is 42.0 Å². The lowest BCUT2D eigenvalue weighted by atomic mass is 10.1. The van der Waals surface area contributed by atoms with Gasteiger partial charge in [-0.1, -0.05) is 24.3 Å². The molecule has 2 aromatic carbocycles. The highest BCUT2D eigenvalue weighted by Gasteiger charge is 2.11. The molecule has 1 aromatic heterocycles. The first-order valence-corrected chi connectivity index (χ1v) is 10.2. The molecular formula is C24H25FN4O. The Morgan fingerprint density at radius 3 is 2.53 bits per heavy atom. The number of nitrogens with one attached hydrogen (secondary N) is 2. The van der Waals surface area contributed by atoms with Crippen LogP contribution in [0.1, 0.15) is 27.2 Å². The standard InChI is InChI=1S/C24H25FN4O/c25-21-3-1-2-19(14-21)15-23-9-6-20(16-27-23)24(30)28-22-7-4-18(5-8-22)17-29-12-10-26-11-13-29/h1-9,14,16,26H,10-13,15,17H2,(H,28,30). The van der Waals surface area contributed by atoms with Crippen LogP contribution >= 0.6 is 0 Å². The van der Waals surface area contributed by atoms with E-state index in [1.165, 1.54) is 17.7 Å². The van der Waals surface area contributed by atoms with Gasteiger partial charge in [0.15, 0.2) is 0 Å². The number of hydrogen-bond acceptors (Lipinski definition) is 4. The molecule has 2 heterocycles. The van der Waals surface area contributed by atoms with Crippen LogP contribution in [-0.2, 0) is 13.0 Å². The smallest absolute Gasteiger partial charge is 0.257 e. The average Bonchev–Trinajstić information content (AvgIpc) is 2.76. The van der Waals surface area contributed by atoms with Crippen LogP contribution < -0.4 is 10.6 Å². The van der Waals surface area contributed by atoms with E-state index < -0.39 is 0 Å². The number of nitrogens with zero attached hydrogens (tertiary/aromatic N) is 2. The second-order valence-electron chi connectivity index (χ2n) is 7.52. The lowest BCUT2D eigenvalue weighted by Gasteiger charge is -2.27. The van der Waals surface area contributed by atoms with Crippen LogP contribution in [0.2, 0.25) is 0 Å². The molecule has 0 spiro atoms. The molecule has 1 amide bonds. The van der Waals surface area contributed by atoms with Crippen molar-refractivity contribution in [1.29, 1.82) is 0 Å². The number of amides is 1. The van der Waals surface area contributed by atoms with Crippen molar-refractivity contribution in [2.75, 3.05) is 31.5 Å². The number of carbonyl (C=O) groups is 1. The van der Waals surface area contributed by atoms with Gasteiger partial charge in [0.05, 0.1) is 5.56 Å². The summed E-state index contributed by atoms with van der Waals surface area (Å²) in [7, 11) is 0. The topological polar surface area (TPSA) is 57.3 Å². The molecule has 1 aliphatic rings. The summed E-state index contributed by atoms with van der Waals surface area (Å²) in [5.74, 6) is -0.461. The molecule has 2 N–H and O–H groups in total. The molecule has 1 saturated heterocycles. The van der Waals surface area contributed by atoms with Crippen molar-refractivity contribution in [3.8, 4) is 0 Å². The van der Waals surface area contributed by atoms with Crippen molar-refractivity contribution >= 4 is 11.6 Å². The van der Waals surface area contributed by atoms with Gasteiger partial charge >= 0.3 is 0 Å². The molecule has 154 valence electrons. The lowest BCUT2D eigenvalue weighted by molar-refractivity contribution is 0.102. The predicted molar refractivity (Wildman–Crippen MR) is 116 cm³/mol. The normalized spacial score (nSPS) is 14.4. The molecule has 1 aliphatic heterocycles. The Labute approximate surface area is 176 Å². The molecule has 6 heteroatoms. The third-order valence-corrected chi connectivity index (χ3v) is 5.19. The first kappa shape index (κ1) is 20.2. The zero-order chi connectivity index (χ0) is 20.8. The quantitative estimate of drug-likeness (QED) is 0.661. The summed E-state index contributed by atoms with van der Waals surface area (Å²) < 4.78 is 13.3. The third kappa shape index (κ3) is 5.49. The van der Waals surface area contributed by atoms with Crippen LogP contribution in [0.5, 0.6) is 0 Å². The fourth-order valence-electron chi connectivity index (χ4n) is 3.54. The number of benzene rings is 2. The summed E-state index contributed by atoms with van der Waals surface area (Å²) in [6, 6.07) is 18.0. The third-order valence-electron chi connectivity index (χ3n) is 5.19. The van der Waals surface area contributed by atoms with Crippen LogP contribution in [0.4, 0.5) is 10.1 Å². The molecule has 3 aromatic rings. The molecule has 0 saturated carbocycles. The summed E-state index contributed by atoms with van der Waals surface area (Å²) in [5, 5.41) is 6.27. The monoisotopic (exact) mass is 404 g/mol. The van der Waals surface area contributed by atoms with Gasteiger partial charge in [-0.05, 0) is 47.5 Å². The van der Waals surface area contributed by atoms with Gasteiger partial charge in [-0.2, -0.15) is 0 Å². The Morgan fingerprint density at radius 1 is 1.03 bits per heavy atom. The minimum Gasteiger partial charge on any atom is -0.322 e. The minimum atomic E-state index is -0.262. The van der Waals surface area contributed by atoms with Crippen molar-refractivity contribution in [3.05, 3.63) is 95.1 Å². The van der Waals surface area contributed by atoms with Crippen molar-refractivity contribution in [2.45, 2.75) is 13.0 Å². The van der Waals surface area contributed by atoms with Crippen LogP contribution in [0.15, 0.2) is 66.9 Å². The first-order valence-electron chi connectivity index (χ1n) is 10.2. The average molecular weight is 404 g/mol. The van der Waals surface area contributed by atoms with Crippen molar-refractivity contribution in [3.63, 3.8) is 0 Å². The summed E-state index contributed by atoms with van der Waals surface area (Å²) in [6.07, 6.45) is 2.08. The van der Waals surface area contributed by atoms with E-state index in [1.54, 1.807) is 24.4 Å². The predicted octanol–water partition coefficient (Wildman–Crippen LogP) is 3.47. The Morgan fingerprint density at radius 2 is 1.83 bits per heavy atom. The van der Waals surface area contributed by atoms with Crippen molar-refractivity contribution in [1.82, 2.24) is 15.2 Å². The molecule has 30 heavy (non-hydrogen) atoms. The highest BCUT2D eigenvalue weighted by atomic mass is 19.1. The maximum atomic E-state index is 13.3. The number of rotatable bonds is 6. The molecule has 0 atom stereocenters. The Bertz CT molecular complexity index is 983. The van der Waals surface area contributed by atoms with Gasteiger partial charge in [-0.15, -0.1) is 0 Å². The van der Waals surface area contributed by atoms with E-state index in [-0.39, 0.29) is 11.7 Å². The van der Waals surface area contributed by atoms with Gasteiger partial charge in [0.2, 0.25) is 0 Å². The van der Waals surface area contributed by atoms with Crippen molar-refractivity contribution < 1.29 is 9.18 Å². The molecule has 4 rings (SSSR count). The summed E-state index contributed by atoms with van der Waals surface area (Å²) in [6.45, 7) is 5.10. The van der Waals surface area contributed by atoms with Gasteiger partial charge in [0, 0.05) is 56.7 Å². The van der Waals surface area contributed by atoms with Gasteiger partial charge in [0.25, 0.3) is 5.91 Å². The van der Waals surface area contributed by atoms with Crippen LogP contribution in [0, 0.1) is 5.82 Å². The van der Waals surface area contributed by atoms with Gasteiger partial charge in [-0.3, -0.25) is 14.7 Å². The zero-order valence-electron chi connectivity index (χ0n) is 16.8. The second kappa shape index (κ2) is 9.61. The van der Waals surface area contributed by atoms with Crippen LogP contribution in [0.3, 0.4) is 0 Å². The van der Waals surface area contributed by atoms with Gasteiger partial charge in [-0.25, -0.2) is 4.39 Å². The highest BCUT2D eigenvalue weighted by Crippen LogP contribution is 2.14. The minimum absolute atomic E-state index is 0.199. The van der Waals surface area contributed by atoms with E-state index in [1.807, 2.05) is 18.2 Å². The number of halogens is 1. The maximum Gasteiger partial charge on any atom is 0.257 e. The Kier molecular flexibility index (Phi) is 6.47. The molecule has 1 fully saturated rings. The van der Waals surface area contributed by atoms with Crippen LogP contribution in [0.25, 0.3) is 0 Å². The number of hydrogen-bond donors (Lipinski definition) is 2. The molecule has 0 radical (unpaired) electrons. The summed E-state index contributed by atoms with van der Waals surface area (Å²) in [5.41, 5.74) is 4.11. The van der Waals surface area contributed by atoms with E-state index >= 15 is 0 Å². The summed E-state index contributed by atoms with van der Waals surface area (Å²) in [4.78, 5) is 19.3. The molecule has 0 aliphatic carbocycles. The number of carbonyl (C=O) groups excluding carboxylic acids is 1. The van der Waals surface area contributed by atoms with Gasteiger partial charge in [0.1, 0.15) is 5.82 Å².